The minimum absolute atomic E-state index is 0.00234. The molecular formula is C44H36N10O11. The van der Waals surface area contributed by atoms with Crippen LogP contribution in [0.2, 0.25) is 0 Å². The van der Waals surface area contributed by atoms with Gasteiger partial charge in [-0.05, 0) is 72.8 Å². The van der Waals surface area contributed by atoms with Gasteiger partial charge < -0.3 is 36.6 Å². The Morgan fingerprint density at radius 3 is 0.831 bits per heavy atom. The molecule has 328 valence electrons. The Morgan fingerprint density at radius 1 is 0.400 bits per heavy atom. The predicted molar refractivity (Wildman–Crippen MR) is 224 cm³/mol. The highest BCUT2D eigenvalue weighted by atomic mass is 16.4. The van der Waals surface area contributed by atoms with Gasteiger partial charge in [0.15, 0.2) is 0 Å². The van der Waals surface area contributed by atoms with Crippen molar-refractivity contribution >= 4 is 35.8 Å². The van der Waals surface area contributed by atoms with E-state index in [9.17, 15) is 54.3 Å². The van der Waals surface area contributed by atoms with Crippen LogP contribution in [0.25, 0.3) is 34.2 Å². The standard InChI is InChI=1S/C44H36N10O11/c45-1-2-46-39(55)21-3-27-15-53-16-29-5-23(41(58)59)11-35(49-29)37-13-25(43(62)63)7-31(51-37)19-54(18-28-4-22(40(56)57)10-34(48-28)33(9-21)47-27)20-32-8-26(44(64)65)14-38(52-32)36-12-24(42(60)61)6-30(17-53)50-36/h3-14H,1-2,15-20,45H2,(H,46,55)(H,56,57)(H,58,59)(H,60,61)(H,62,63)(H,64,65). The second-order valence-electron chi connectivity index (χ2n) is 15.3. The van der Waals surface area contributed by atoms with E-state index in [1.807, 2.05) is 0 Å². The van der Waals surface area contributed by atoms with Crippen LogP contribution >= 0.6 is 0 Å². The van der Waals surface area contributed by atoms with Crippen molar-refractivity contribution in [1.29, 1.82) is 0 Å². The molecule has 0 saturated heterocycles. The number of carboxylic acids is 5. The average molecular weight is 881 g/mol. The van der Waals surface area contributed by atoms with Crippen molar-refractivity contribution in [3.8, 4) is 34.2 Å². The zero-order chi connectivity index (χ0) is 46.1. The highest BCUT2D eigenvalue weighted by Crippen LogP contribution is 2.28. The Balaban J connectivity index is 1.47. The second kappa shape index (κ2) is 17.8. The van der Waals surface area contributed by atoms with Crippen molar-refractivity contribution < 1.29 is 54.3 Å². The molecule has 9 rings (SSSR count). The number of nitrogens with zero attached hydrogens (tertiary/aromatic N) is 8. The maximum absolute atomic E-state index is 13.6. The first-order valence-corrected chi connectivity index (χ1v) is 19.7. The molecule has 9 heterocycles. The lowest BCUT2D eigenvalue weighted by molar-refractivity contribution is 0.0685. The Kier molecular flexibility index (Phi) is 11.8. The lowest BCUT2D eigenvalue weighted by Gasteiger charge is -2.25. The second-order valence-corrected chi connectivity index (χ2v) is 15.3. The Bertz CT molecular complexity index is 2870. The van der Waals surface area contributed by atoms with Crippen LogP contribution in [0.4, 0.5) is 0 Å². The number of carbonyl (C=O) groups is 6. The molecule has 6 aromatic heterocycles. The summed E-state index contributed by atoms with van der Waals surface area (Å²) in [5.74, 6) is -7.13. The Morgan fingerprint density at radius 2 is 0.615 bits per heavy atom. The van der Waals surface area contributed by atoms with Crippen LogP contribution < -0.4 is 11.1 Å². The number of nitrogens with one attached hydrogen (secondary N) is 1. The van der Waals surface area contributed by atoms with Crippen molar-refractivity contribution in [1.82, 2.24) is 45.0 Å². The quantitative estimate of drug-likeness (QED) is 0.115. The Labute approximate surface area is 366 Å². The van der Waals surface area contributed by atoms with Gasteiger partial charge in [-0.15, -0.1) is 0 Å². The molecule has 6 aromatic rings. The smallest absolute Gasteiger partial charge is 0.335 e. The van der Waals surface area contributed by atoms with Gasteiger partial charge >= 0.3 is 29.8 Å². The summed E-state index contributed by atoms with van der Waals surface area (Å²) in [5.41, 5.74) is 5.94. The van der Waals surface area contributed by atoms with E-state index in [4.69, 9.17) is 35.6 Å². The van der Waals surface area contributed by atoms with Gasteiger partial charge in [-0.1, -0.05) is 0 Å². The number of rotatable bonds is 8. The highest BCUT2D eigenvalue weighted by Gasteiger charge is 2.24. The number of pyridine rings is 6. The fraction of sp³-hybridized carbons (Fsp3) is 0.182. The monoisotopic (exact) mass is 880 g/mol. The molecule has 0 saturated carbocycles. The minimum Gasteiger partial charge on any atom is -0.478 e. The van der Waals surface area contributed by atoms with Crippen LogP contribution in [-0.4, -0.2) is 114 Å². The van der Waals surface area contributed by atoms with Crippen LogP contribution in [0, 0.1) is 0 Å². The fourth-order valence-electron chi connectivity index (χ4n) is 7.55. The zero-order valence-electron chi connectivity index (χ0n) is 33.9. The van der Waals surface area contributed by atoms with Crippen molar-refractivity contribution in [2.45, 2.75) is 39.3 Å². The van der Waals surface area contributed by atoms with E-state index in [0.717, 1.165) is 0 Å². The third-order valence-electron chi connectivity index (χ3n) is 10.3. The number of carbonyl (C=O) groups excluding carboxylic acids is 1. The van der Waals surface area contributed by atoms with E-state index in [1.54, 1.807) is 9.80 Å². The molecule has 0 atom stereocenters. The fourth-order valence-corrected chi connectivity index (χ4v) is 7.55. The van der Waals surface area contributed by atoms with Crippen molar-refractivity contribution in [3.63, 3.8) is 0 Å². The van der Waals surface area contributed by atoms with Crippen LogP contribution in [-0.2, 0) is 39.3 Å². The van der Waals surface area contributed by atoms with Crippen molar-refractivity contribution in [2.75, 3.05) is 13.1 Å². The summed E-state index contributed by atoms with van der Waals surface area (Å²) in [5, 5.41) is 54.1. The molecule has 0 aliphatic carbocycles. The number of amides is 1. The first-order chi connectivity index (χ1) is 31.1. The van der Waals surface area contributed by atoms with Gasteiger partial charge in [0.05, 0.1) is 96.1 Å². The number of hydrogen-bond acceptors (Lipinski definition) is 15. The van der Waals surface area contributed by atoms with E-state index < -0.39 is 35.8 Å². The van der Waals surface area contributed by atoms with E-state index in [0.29, 0.717) is 0 Å². The van der Waals surface area contributed by atoms with Crippen molar-refractivity contribution in [2.24, 2.45) is 5.73 Å². The van der Waals surface area contributed by atoms with Gasteiger partial charge in [0.1, 0.15) is 0 Å². The SMILES string of the molecule is NCCNC(=O)c1cc2nc(c1)-c1cc(C(=O)O)cc(n1)CN1Cc3cc(C(=O)O)cc(n3)-c3cc(C(=O)O)cc(n3)CN(Cc3cc(C(=O)O)cc(n3)-c3cc(C(=O)O)cc(n3)C1)C2. The molecule has 8 N–H and O–H groups in total. The maximum atomic E-state index is 13.6. The summed E-state index contributed by atoms with van der Waals surface area (Å²) in [7, 11) is 0. The molecule has 1 amide bonds. The molecule has 65 heavy (non-hydrogen) atoms. The molecule has 21 nitrogen and oxygen atoms in total. The lowest BCUT2D eigenvalue weighted by atomic mass is 10.1. The summed E-state index contributed by atoms with van der Waals surface area (Å²) in [6.07, 6.45) is 0. The normalized spacial score (nSPS) is 15.3. The molecule has 0 unspecified atom stereocenters. The highest BCUT2D eigenvalue weighted by molar-refractivity contribution is 5.96. The third-order valence-corrected chi connectivity index (χ3v) is 10.3. The van der Waals surface area contributed by atoms with E-state index in [1.165, 1.54) is 72.8 Å². The van der Waals surface area contributed by atoms with Gasteiger partial charge in [-0.3, -0.25) is 14.6 Å². The number of hydrogen-bond donors (Lipinski definition) is 7. The summed E-state index contributed by atoms with van der Waals surface area (Å²) < 4.78 is 0. The van der Waals surface area contributed by atoms with Crippen LogP contribution in [0.1, 0.15) is 96.3 Å². The third kappa shape index (κ3) is 9.81. The lowest BCUT2D eigenvalue weighted by Crippen LogP contribution is -2.29. The van der Waals surface area contributed by atoms with Crippen molar-refractivity contribution in [3.05, 3.63) is 140 Å². The summed E-state index contributed by atoms with van der Waals surface area (Å²) in [6, 6.07) is 15.7. The van der Waals surface area contributed by atoms with Crippen LogP contribution in [0.3, 0.4) is 0 Å². The van der Waals surface area contributed by atoms with E-state index >= 15 is 0 Å². The Hall–Kier alpha value is -8.40. The first kappa shape index (κ1) is 43.3. The molecular weight excluding hydrogens is 845 g/mol. The molecule has 21 heteroatoms. The number of nitrogens with two attached hydrogens (primary N) is 1. The summed E-state index contributed by atoms with van der Waals surface area (Å²) in [4.78, 5) is 109. The maximum Gasteiger partial charge on any atom is 0.335 e. The summed E-state index contributed by atoms with van der Waals surface area (Å²) >= 11 is 0. The topological polar surface area (TPSA) is 325 Å². The van der Waals surface area contributed by atoms with E-state index in [2.05, 4.69) is 5.32 Å². The molecule has 3 aliphatic heterocycles. The zero-order valence-corrected chi connectivity index (χ0v) is 33.9. The number of aromatic carboxylic acids is 5. The van der Waals surface area contributed by atoms with Gasteiger partial charge in [-0.25, -0.2) is 53.9 Å². The molecule has 3 aliphatic rings. The predicted octanol–water partition coefficient (Wildman–Crippen LogP) is 3.27. The minimum atomic E-state index is -1.33. The van der Waals surface area contributed by atoms with Gasteiger partial charge in [-0.2, -0.15) is 0 Å². The van der Waals surface area contributed by atoms with Gasteiger partial charge in [0, 0.05) is 57.9 Å². The van der Waals surface area contributed by atoms with E-state index in [-0.39, 0.29) is 154 Å². The number of aromatic nitrogens is 6. The van der Waals surface area contributed by atoms with Gasteiger partial charge in [0.25, 0.3) is 5.91 Å². The first-order valence-electron chi connectivity index (χ1n) is 19.7. The summed E-state index contributed by atoms with van der Waals surface area (Å²) in [6.45, 7) is -0.857. The van der Waals surface area contributed by atoms with Gasteiger partial charge in [0.2, 0.25) is 0 Å². The molecule has 0 fully saturated rings. The molecule has 14 bridgehead atoms. The molecule has 0 aromatic carbocycles. The number of carboxylic acid groups (broad SMARTS) is 5. The largest absolute Gasteiger partial charge is 0.478 e. The average Bonchev–Trinajstić information content (AvgIpc) is 3.26. The van der Waals surface area contributed by atoms with Crippen LogP contribution in [0.5, 0.6) is 0 Å². The van der Waals surface area contributed by atoms with Crippen LogP contribution in [0.15, 0.2) is 72.8 Å². The molecule has 0 spiro atoms. The molecule has 0 radical (unpaired) electrons.